The molecule has 2 aromatic heterocycles. The van der Waals surface area contributed by atoms with Gasteiger partial charge in [-0.25, -0.2) is 13.4 Å². The van der Waals surface area contributed by atoms with Gasteiger partial charge in [0.2, 0.25) is 5.95 Å². The smallest absolute Gasteiger partial charge is 0.265 e. The number of hydrogen-bond donors (Lipinski definition) is 1. The van der Waals surface area contributed by atoms with Gasteiger partial charge in [0.05, 0.1) is 17.6 Å². The molecule has 2 aromatic rings. The van der Waals surface area contributed by atoms with Crippen LogP contribution in [0.2, 0.25) is 0 Å². The normalized spacial score (nSPS) is 11.5. The van der Waals surface area contributed by atoms with E-state index in [0.29, 0.717) is 28.8 Å². The van der Waals surface area contributed by atoms with Crippen molar-refractivity contribution in [2.45, 2.75) is 18.7 Å². The van der Waals surface area contributed by atoms with Crippen molar-refractivity contribution >= 4 is 27.5 Å². The zero-order chi connectivity index (χ0) is 18.2. The Balaban J connectivity index is 2.50. The van der Waals surface area contributed by atoms with E-state index in [9.17, 15) is 8.42 Å². The number of rotatable bonds is 5. The van der Waals surface area contributed by atoms with Gasteiger partial charge >= 0.3 is 0 Å². The fraction of sp³-hybridized carbons (Fsp3) is 0.500. The van der Waals surface area contributed by atoms with Gasteiger partial charge in [0, 0.05) is 35.2 Å². The van der Waals surface area contributed by atoms with Crippen LogP contribution in [-0.2, 0) is 17.1 Å². The summed E-state index contributed by atoms with van der Waals surface area (Å²) in [6.45, 7) is 3.38. The number of hydrogen-bond acceptors (Lipinski definition) is 7. The van der Waals surface area contributed by atoms with Gasteiger partial charge in [0.1, 0.15) is 10.6 Å². The lowest BCUT2D eigenvalue weighted by atomic mass is 10.4. The standard InChI is InChI=1S/C14H23N7O2S/c1-9-12(10(2)21(7)17-9)24(22,23)18-11-8-15-14(20(5)6)16-13(11)19(3)4/h8,18H,1-7H3. The van der Waals surface area contributed by atoms with Gasteiger partial charge < -0.3 is 9.80 Å². The monoisotopic (exact) mass is 353 g/mol. The molecule has 0 bridgehead atoms. The van der Waals surface area contributed by atoms with E-state index in [1.54, 1.807) is 49.5 Å². The molecule has 0 aliphatic heterocycles. The molecular weight excluding hydrogens is 330 g/mol. The average Bonchev–Trinajstić information content (AvgIpc) is 2.71. The maximum atomic E-state index is 12.8. The summed E-state index contributed by atoms with van der Waals surface area (Å²) in [7, 11) is 5.14. The molecule has 0 amide bonds. The van der Waals surface area contributed by atoms with Crippen molar-refractivity contribution < 1.29 is 8.42 Å². The largest absolute Gasteiger partial charge is 0.361 e. The first kappa shape index (κ1) is 18.0. The number of aromatic nitrogens is 4. The van der Waals surface area contributed by atoms with Crippen molar-refractivity contribution in [2.24, 2.45) is 7.05 Å². The quantitative estimate of drug-likeness (QED) is 0.847. The third kappa shape index (κ3) is 3.28. The van der Waals surface area contributed by atoms with Crippen molar-refractivity contribution in [3.63, 3.8) is 0 Å². The summed E-state index contributed by atoms with van der Waals surface area (Å²) < 4.78 is 29.7. The summed E-state index contributed by atoms with van der Waals surface area (Å²) in [6.07, 6.45) is 1.47. The molecule has 0 atom stereocenters. The molecule has 0 fully saturated rings. The topological polar surface area (TPSA) is 96.2 Å². The minimum Gasteiger partial charge on any atom is -0.361 e. The molecule has 0 radical (unpaired) electrons. The second-order valence-electron chi connectivity index (χ2n) is 5.93. The number of sulfonamides is 1. The van der Waals surface area contributed by atoms with Crippen LogP contribution in [0.3, 0.4) is 0 Å². The van der Waals surface area contributed by atoms with Gasteiger partial charge in [-0.1, -0.05) is 0 Å². The van der Waals surface area contributed by atoms with Gasteiger partial charge in [-0.3, -0.25) is 9.40 Å². The molecule has 2 rings (SSSR count). The molecule has 0 spiro atoms. The van der Waals surface area contributed by atoms with E-state index >= 15 is 0 Å². The molecule has 24 heavy (non-hydrogen) atoms. The molecule has 0 saturated carbocycles. The fourth-order valence-corrected chi connectivity index (χ4v) is 3.82. The summed E-state index contributed by atoms with van der Waals surface area (Å²) in [6, 6.07) is 0. The van der Waals surface area contributed by atoms with E-state index in [-0.39, 0.29) is 4.90 Å². The van der Waals surface area contributed by atoms with Crippen molar-refractivity contribution in [3.8, 4) is 0 Å². The molecule has 0 aromatic carbocycles. The Morgan fingerprint density at radius 2 is 1.75 bits per heavy atom. The highest BCUT2D eigenvalue weighted by Gasteiger charge is 2.25. The van der Waals surface area contributed by atoms with Crippen LogP contribution < -0.4 is 14.5 Å². The van der Waals surface area contributed by atoms with E-state index in [2.05, 4.69) is 19.8 Å². The van der Waals surface area contributed by atoms with Crippen LogP contribution in [0.25, 0.3) is 0 Å². The minimum absolute atomic E-state index is 0.173. The summed E-state index contributed by atoms with van der Waals surface area (Å²) in [5.41, 5.74) is 1.32. The molecule has 0 aliphatic carbocycles. The lowest BCUT2D eigenvalue weighted by molar-refractivity contribution is 0.599. The zero-order valence-electron chi connectivity index (χ0n) is 15.0. The number of aryl methyl sites for hydroxylation is 2. The minimum atomic E-state index is -3.80. The summed E-state index contributed by atoms with van der Waals surface area (Å²) in [5, 5.41) is 4.16. The summed E-state index contributed by atoms with van der Waals surface area (Å²) >= 11 is 0. The van der Waals surface area contributed by atoms with E-state index in [1.807, 2.05) is 14.1 Å². The van der Waals surface area contributed by atoms with E-state index in [0.717, 1.165) is 0 Å². The van der Waals surface area contributed by atoms with Crippen LogP contribution in [0.15, 0.2) is 11.1 Å². The zero-order valence-corrected chi connectivity index (χ0v) is 15.8. The van der Waals surface area contributed by atoms with Gasteiger partial charge in [-0.2, -0.15) is 10.1 Å². The maximum Gasteiger partial charge on any atom is 0.265 e. The molecule has 2 heterocycles. The Kier molecular flexibility index (Phi) is 4.70. The van der Waals surface area contributed by atoms with E-state index in [1.165, 1.54) is 6.20 Å². The fourth-order valence-electron chi connectivity index (χ4n) is 2.33. The van der Waals surface area contributed by atoms with Crippen LogP contribution in [0.1, 0.15) is 11.4 Å². The Labute approximate surface area is 142 Å². The second-order valence-corrected chi connectivity index (χ2v) is 7.54. The predicted molar refractivity (Wildman–Crippen MR) is 94.2 cm³/mol. The Bertz CT molecular complexity index is 856. The second kappa shape index (κ2) is 6.27. The maximum absolute atomic E-state index is 12.8. The van der Waals surface area contributed by atoms with Crippen molar-refractivity contribution in [3.05, 3.63) is 17.6 Å². The first-order chi connectivity index (χ1) is 11.0. The molecule has 10 heteroatoms. The van der Waals surface area contributed by atoms with Crippen molar-refractivity contribution in [2.75, 3.05) is 42.7 Å². The molecule has 9 nitrogen and oxygen atoms in total. The number of nitrogens with zero attached hydrogens (tertiary/aromatic N) is 6. The van der Waals surface area contributed by atoms with Gasteiger partial charge in [-0.05, 0) is 13.8 Å². The van der Waals surface area contributed by atoms with E-state index < -0.39 is 10.0 Å². The average molecular weight is 353 g/mol. The molecular formula is C14H23N7O2S. The molecule has 0 saturated heterocycles. The van der Waals surface area contributed by atoms with Gasteiger partial charge in [0.15, 0.2) is 5.82 Å². The van der Waals surface area contributed by atoms with E-state index in [4.69, 9.17) is 0 Å². The van der Waals surface area contributed by atoms with Crippen LogP contribution in [0.4, 0.5) is 17.5 Å². The van der Waals surface area contributed by atoms with Crippen LogP contribution in [0, 0.1) is 13.8 Å². The Morgan fingerprint density at radius 3 is 2.21 bits per heavy atom. The third-order valence-corrected chi connectivity index (χ3v) is 5.15. The first-order valence-electron chi connectivity index (χ1n) is 7.29. The molecule has 0 unspecified atom stereocenters. The first-order valence-corrected chi connectivity index (χ1v) is 8.77. The highest BCUT2D eigenvalue weighted by Crippen LogP contribution is 2.27. The van der Waals surface area contributed by atoms with Crippen LogP contribution in [-0.4, -0.2) is 56.4 Å². The Hall–Kier alpha value is -2.36. The molecule has 132 valence electrons. The Morgan fingerprint density at radius 1 is 1.12 bits per heavy atom. The van der Waals surface area contributed by atoms with Crippen molar-refractivity contribution in [1.82, 2.24) is 19.7 Å². The lowest BCUT2D eigenvalue weighted by Gasteiger charge is -2.19. The highest BCUT2D eigenvalue weighted by atomic mass is 32.2. The SMILES string of the molecule is Cc1nn(C)c(C)c1S(=O)(=O)Nc1cnc(N(C)C)nc1N(C)C. The highest BCUT2D eigenvalue weighted by molar-refractivity contribution is 7.92. The van der Waals surface area contributed by atoms with Crippen molar-refractivity contribution in [1.29, 1.82) is 0 Å². The van der Waals surface area contributed by atoms with Gasteiger partial charge in [0.25, 0.3) is 10.0 Å². The predicted octanol–water partition coefficient (Wildman–Crippen LogP) is 0.760. The summed E-state index contributed by atoms with van der Waals surface area (Å²) in [5.74, 6) is 0.979. The third-order valence-electron chi connectivity index (χ3n) is 3.54. The van der Waals surface area contributed by atoms with Crippen LogP contribution in [0.5, 0.6) is 0 Å². The van der Waals surface area contributed by atoms with Gasteiger partial charge in [-0.15, -0.1) is 0 Å². The number of anilines is 3. The lowest BCUT2D eigenvalue weighted by Crippen LogP contribution is -2.21. The molecule has 0 aliphatic rings. The summed E-state index contributed by atoms with van der Waals surface area (Å²) in [4.78, 5) is 12.2. The van der Waals surface area contributed by atoms with Crippen LogP contribution >= 0.6 is 0 Å². The number of nitrogens with one attached hydrogen (secondary N) is 1. The molecule has 1 N–H and O–H groups in total.